The van der Waals surface area contributed by atoms with E-state index in [4.69, 9.17) is 4.98 Å². The molecule has 9 heteroatoms. The fourth-order valence-electron chi connectivity index (χ4n) is 4.82. The van der Waals surface area contributed by atoms with E-state index in [-0.39, 0.29) is 11.6 Å². The van der Waals surface area contributed by atoms with E-state index < -0.39 is 0 Å². The number of hydrogen-bond donors (Lipinski definition) is 0. The van der Waals surface area contributed by atoms with Gasteiger partial charge in [0, 0.05) is 18.2 Å². The minimum Gasteiger partial charge on any atom is -0.309 e. The zero-order valence-corrected chi connectivity index (χ0v) is 20.7. The number of imidazole rings is 1. The van der Waals surface area contributed by atoms with Gasteiger partial charge in [-0.1, -0.05) is 19.9 Å². The summed E-state index contributed by atoms with van der Waals surface area (Å²) in [6.45, 7) is 6.32. The lowest BCUT2D eigenvalue weighted by molar-refractivity contribution is 0.474. The standard InChI is InChI=1S/C27H28N8O/c1-4-19(5-2)34-16-30-32-26(34)21-7-6-8-25(31-21)35-15-29-22-11-17(3)24(12-20(22)27(35)36)33-13-23(28-14-33)18-9-10-18/h6-8,11-16,18-19H,4-5,9-10H2,1-3H3. The van der Waals surface area contributed by atoms with Crippen LogP contribution in [0, 0.1) is 6.92 Å². The van der Waals surface area contributed by atoms with Crippen LogP contribution in [-0.4, -0.2) is 38.9 Å². The van der Waals surface area contributed by atoms with Gasteiger partial charge in [0.15, 0.2) is 5.82 Å². The van der Waals surface area contributed by atoms with E-state index in [1.54, 1.807) is 12.7 Å². The highest BCUT2D eigenvalue weighted by Crippen LogP contribution is 2.39. The van der Waals surface area contributed by atoms with E-state index >= 15 is 0 Å². The molecule has 0 unspecified atom stereocenters. The molecule has 1 aliphatic rings. The average molecular weight is 481 g/mol. The third-order valence-electron chi connectivity index (χ3n) is 7.07. The van der Waals surface area contributed by atoms with Gasteiger partial charge in [0.25, 0.3) is 5.56 Å². The first kappa shape index (κ1) is 22.3. The van der Waals surface area contributed by atoms with Crippen molar-refractivity contribution in [2.45, 2.75) is 58.4 Å². The van der Waals surface area contributed by atoms with E-state index in [1.807, 2.05) is 48.1 Å². The Morgan fingerprint density at radius 1 is 1.06 bits per heavy atom. The Balaban J connectivity index is 1.43. The highest BCUT2D eigenvalue weighted by Gasteiger charge is 2.26. The first-order valence-electron chi connectivity index (χ1n) is 12.5. The minimum atomic E-state index is -0.171. The number of pyridine rings is 1. The molecule has 1 aliphatic carbocycles. The van der Waals surface area contributed by atoms with Gasteiger partial charge in [0.2, 0.25) is 0 Å². The summed E-state index contributed by atoms with van der Waals surface area (Å²) >= 11 is 0. The highest BCUT2D eigenvalue weighted by molar-refractivity contribution is 5.81. The predicted molar refractivity (Wildman–Crippen MR) is 138 cm³/mol. The zero-order valence-electron chi connectivity index (χ0n) is 20.7. The largest absolute Gasteiger partial charge is 0.309 e. The molecule has 0 saturated heterocycles. The smallest absolute Gasteiger partial charge is 0.267 e. The van der Waals surface area contributed by atoms with Gasteiger partial charge in [-0.05, 0) is 62.4 Å². The van der Waals surface area contributed by atoms with E-state index in [1.165, 1.54) is 17.4 Å². The van der Waals surface area contributed by atoms with Crippen molar-refractivity contribution in [2.75, 3.05) is 0 Å². The summed E-state index contributed by atoms with van der Waals surface area (Å²) in [4.78, 5) is 27.6. The molecule has 1 aromatic carbocycles. The number of hydrogen-bond acceptors (Lipinski definition) is 6. The number of aryl methyl sites for hydroxylation is 1. The van der Waals surface area contributed by atoms with Crippen LogP contribution >= 0.6 is 0 Å². The molecule has 6 rings (SSSR count). The zero-order chi connectivity index (χ0) is 24.8. The molecule has 1 saturated carbocycles. The maximum Gasteiger partial charge on any atom is 0.267 e. The second-order valence-corrected chi connectivity index (χ2v) is 9.47. The Morgan fingerprint density at radius 3 is 2.67 bits per heavy atom. The summed E-state index contributed by atoms with van der Waals surface area (Å²) in [5, 5.41) is 8.98. The number of aromatic nitrogens is 8. The van der Waals surface area contributed by atoms with Crippen LogP contribution < -0.4 is 5.56 Å². The maximum absolute atomic E-state index is 13.6. The fraction of sp³-hybridized carbons (Fsp3) is 0.333. The van der Waals surface area contributed by atoms with E-state index in [0.29, 0.717) is 34.2 Å². The molecule has 182 valence electrons. The van der Waals surface area contributed by atoms with Crippen molar-refractivity contribution in [3.63, 3.8) is 0 Å². The predicted octanol–water partition coefficient (Wildman–Crippen LogP) is 4.77. The Morgan fingerprint density at radius 2 is 1.89 bits per heavy atom. The number of fused-ring (bicyclic) bond motifs is 1. The van der Waals surface area contributed by atoms with E-state index in [9.17, 15) is 4.79 Å². The molecule has 1 fully saturated rings. The van der Waals surface area contributed by atoms with E-state index in [0.717, 1.165) is 29.8 Å². The van der Waals surface area contributed by atoms with Gasteiger partial charge < -0.3 is 9.13 Å². The van der Waals surface area contributed by atoms with E-state index in [2.05, 4.69) is 44.8 Å². The van der Waals surface area contributed by atoms with Crippen LogP contribution in [-0.2, 0) is 0 Å². The third kappa shape index (κ3) is 3.80. The summed E-state index contributed by atoms with van der Waals surface area (Å²) in [6.07, 6.45) is 11.5. The molecule has 0 bridgehead atoms. The monoisotopic (exact) mass is 480 g/mol. The SMILES string of the molecule is CCC(CC)n1cnnc1-c1cccc(-n2cnc3cc(C)c(-n4cnc(C5CC5)c4)cc3c2=O)n1. The van der Waals surface area contributed by atoms with Gasteiger partial charge in [-0.25, -0.2) is 15.0 Å². The normalized spacial score (nSPS) is 13.7. The molecule has 4 aromatic heterocycles. The van der Waals surface area contributed by atoms with Gasteiger partial charge in [0.1, 0.15) is 24.2 Å². The lowest BCUT2D eigenvalue weighted by Crippen LogP contribution is -2.20. The summed E-state index contributed by atoms with van der Waals surface area (Å²) in [5.41, 5.74) is 4.23. The summed E-state index contributed by atoms with van der Waals surface area (Å²) in [5.74, 6) is 1.75. The Bertz CT molecular complexity index is 1620. The van der Waals surface area contributed by atoms with Crippen molar-refractivity contribution in [3.05, 3.63) is 77.1 Å². The summed E-state index contributed by atoms with van der Waals surface area (Å²) in [7, 11) is 0. The van der Waals surface area contributed by atoms with Crippen LogP contribution in [0.15, 0.2) is 60.3 Å². The molecular formula is C27H28N8O. The quantitative estimate of drug-likeness (QED) is 0.333. The molecule has 5 aromatic rings. The molecule has 0 atom stereocenters. The van der Waals surface area contributed by atoms with Crippen LogP contribution in [0.4, 0.5) is 0 Å². The topological polar surface area (TPSA) is 96.3 Å². The Kier molecular flexibility index (Phi) is 5.47. The molecule has 4 heterocycles. The van der Waals surface area contributed by atoms with Gasteiger partial charge in [-0.3, -0.25) is 9.36 Å². The number of benzene rings is 1. The van der Waals surface area contributed by atoms with Crippen LogP contribution in [0.5, 0.6) is 0 Å². The second kappa shape index (κ2) is 8.82. The lowest BCUT2D eigenvalue weighted by Gasteiger charge is -2.16. The molecule has 0 amide bonds. The minimum absolute atomic E-state index is 0.171. The molecule has 0 aliphatic heterocycles. The van der Waals surface area contributed by atoms with Crippen molar-refractivity contribution < 1.29 is 0 Å². The number of rotatable bonds is 7. The fourth-order valence-corrected chi connectivity index (χ4v) is 4.82. The lowest BCUT2D eigenvalue weighted by atomic mass is 10.1. The van der Waals surface area contributed by atoms with Crippen molar-refractivity contribution >= 4 is 10.9 Å². The second-order valence-electron chi connectivity index (χ2n) is 9.47. The van der Waals surface area contributed by atoms with Gasteiger partial charge in [0.05, 0.1) is 28.6 Å². The van der Waals surface area contributed by atoms with Crippen molar-refractivity contribution in [2.24, 2.45) is 0 Å². The van der Waals surface area contributed by atoms with Crippen LogP contribution in [0.1, 0.15) is 62.7 Å². The van der Waals surface area contributed by atoms with Crippen molar-refractivity contribution in [1.82, 2.24) is 38.9 Å². The third-order valence-corrected chi connectivity index (χ3v) is 7.07. The van der Waals surface area contributed by atoms with Crippen LogP contribution in [0.2, 0.25) is 0 Å². The summed E-state index contributed by atoms with van der Waals surface area (Å²) in [6, 6.07) is 9.73. The van der Waals surface area contributed by atoms with Crippen LogP contribution in [0.3, 0.4) is 0 Å². The molecule has 0 spiro atoms. The van der Waals surface area contributed by atoms with Gasteiger partial charge in [-0.15, -0.1) is 10.2 Å². The Hall–Kier alpha value is -4.14. The first-order chi connectivity index (χ1) is 17.6. The van der Waals surface area contributed by atoms with Crippen LogP contribution in [0.25, 0.3) is 33.9 Å². The van der Waals surface area contributed by atoms with Gasteiger partial charge in [-0.2, -0.15) is 0 Å². The average Bonchev–Trinajstić information content (AvgIpc) is 3.42. The summed E-state index contributed by atoms with van der Waals surface area (Å²) < 4.78 is 5.55. The maximum atomic E-state index is 13.6. The van der Waals surface area contributed by atoms with Crippen molar-refractivity contribution in [1.29, 1.82) is 0 Å². The molecule has 9 nitrogen and oxygen atoms in total. The molecule has 36 heavy (non-hydrogen) atoms. The van der Waals surface area contributed by atoms with Crippen molar-refractivity contribution in [3.8, 4) is 23.0 Å². The molecular weight excluding hydrogens is 452 g/mol. The van der Waals surface area contributed by atoms with Gasteiger partial charge >= 0.3 is 0 Å². The number of nitrogens with zero attached hydrogens (tertiary/aromatic N) is 8. The molecule has 0 N–H and O–H groups in total. The molecule has 0 radical (unpaired) electrons. The highest BCUT2D eigenvalue weighted by atomic mass is 16.1. The first-order valence-corrected chi connectivity index (χ1v) is 12.5. The Labute approximate surface area is 208 Å².